The van der Waals surface area contributed by atoms with Crippen molar-refractivity contribution >= 4 is 23.5 Å². The van der Waals surface area contributed by atoms with Crippen molar-refractivity contribution < 1.29 is 19.1 Å². The van der Waals surface area contributed by atoms with Crippen LogP contribution in [0.5, 0.6) is 5.75 Å². The molecular formula is C19H26ClNO4. The van der Waals surface area contributed by atoms with Gasteiger partial charge in [-0.05, 0) is 37.3 Å². The van der Waals surface area contributed by atoms with Gasteiger partial charge < -0.3 is 14.8 Å². The number of amides is 1. The molecule has 2 unspecified atom stereocenters. The van der Waals surface area contributed by atoms with Crippen molar-refractivity contribution in [1.29, 1.82) is 0 Å². The molecule has 1 saturated carbocycles. The smallest absolute Gasteiger partial charge is 0.309 e. The van der Waals surface area contributed by atoms with Crippen LogP contribution >= 0.6 is 11.6 Å². The van der Waals surface area contributed by atoms with Crippen LogP contribution in [-0.4, -0.2) is 32.1 Å². The molecule has 0 heterocycles. The maximum atomic E-state index is 12.0. The average molecular weight is 368 g/mol. The van der Waals surface area contributed by atoms with Gasteiger partial charge in [0, 0.05) is 13.0 Å². The molecule has 1 aliphatic rings. The molecule has 1 aromatic carbocycles. The average Bonchev–Trinajstić information content (AvgIpc) is 2.64. The molecule has 1 fully saturated rings. The number of carbonyl (C=O) groups excluding carboxylic acids is 2. The summed E-state index contributed by atoms with van der Waals surface area (Å²) in [5.74, 6) is 0.531. The van der Waals surface area contributed by atoms with Gasteiger partial charge in [0.1, 0.15) is 5.75 Å². The normalized spacial score (nSPS) is 19.9. The highest BCUT2D eigenvalue weighted by Gasteiger charge is 2.31. The highest BCUT2D eigenvalue weighted by Crippen LogP contribution is 2.30. The predicted molar refractivity (Wildman–Crippen MR) is 96.7 cm³/mol. The van der Waals surface area contributed by atoms with E-state index in [0.29, 0.717) is 36.8 Å². The van der Waals surface area contributed by atoms with E-state index >= 15 is 0 Å². The molecule has 138 valence electrons. The molecule has 1 aliphatic carbocycles. The maximum absolute atomic E-state index is 12.0. The Hall–Kier alpha value is -1.75. The standard InChI is InChI=1S/C19H26ClNO4/c1-24-19(23)15-8-3-2-7-14(15)13-21-18(22)11-6-12-25-17-10-5-4-9-16(17)20/h4-5,9-10,14-15H,2-3,6-8,11-13H2,1H3,(H,21,22). The van der Waals surface area contributed by atoms with E-state index in [1.807, 2.05) is 12.1 Å². The maximum Gasteiger partial charge on any atom is 0.309 e. The lowest BCUT2D eigenvalue weighted by molar-refractivity contribution is -0.148. The number of hydrogen-bond donors (Lipinski definition) is 1. The van der Waals surface area contributed by atoms with E-state index in [4.69, 9.17) is 21.1 Å². The Morgan fingerprint density at radius 1 is 1.24 bits per heavy atom. The van der Waals surface area contributed by atoms with Gasteiger partial charge in [0.15, 0.2) is 0 Å². The monoisotopic (exact) mass is 367 g/mol. The van der Waals surface area contributed by atoms with Crippen LogP contribution in [-0.2, 0) is 14.3 Å². The van der Waals surface area contributed by atoms with Crippen LogP contribution in [0.15, 0.2) is 24.3 Å². The first-order valence-electron chi connectivity index (χ1n) is 8.83. The van der Waals surface area contributed by atoms with Gasteiger partial charge >= 0.3 is 5.97 Å². The summed E-state index contributed by atoms with van der Waals surface area (Å²) in [5, 5.41) is 3.51. The molecule has 5 nitrogen and oxygen atoms in total. The van der Waals surface area contributed by atoms with Crippen LogP contribution in [0, 0.1) is 11.8 Å². The third kappa shape index (κ3) is 6.24. The van der Waals surface area contributed by atoms with Gasteiger partial charge in [-0.1, -0.05) is 36.6 Å². The van der Waals surface area contributed by atoms with Gasteiger partial charge in [0.25, 0.3) is 0 Å². The fraction of sp³-hybridized carbons (Fsp3) is 0.579. The zero-order valence-corrected chi connectivity index (χ0v) is 15.4. The molecule has 0 radical (unpaired) electrons. The summed E-state index contributed by atoms with van der Waals surface area (Å²) < 4.78 is 10.5. The van der Waals surface area contributed by atoms with E-state index in [-0.39, 0.29) is 23.7 Å². The number of benzene rings is 1. The lowest BCUT2D eigenvalue weighted by atomic mass is 9.79. The lowest BCUT2D eigenvalue weighted by Gasteiger charge is -2.29. The van der Waals surface area contributed by atoms with Gasteiger partial charge in [-0.15, -0.1) is 0 Å². The van der Waals surface area contributed by atoms with E-state index in [1.54, 1.807) is 12.1 Å². The zero-order chi connectivity index (χ0) is 18.1. The topological polar surface area (TPSA) is 64.6 Å². The Morgan fingerprint density at radius 2 is 2.00 bits per heavy atom. The molecule has 6 heteroatoms. The Morgan fingerprint density at radius 3 is 2.76 bits per heavy atom. The minimum atomic E-state index is -0.160. The van der Waals surface area contributed by atoms with Crippen molar-refractivity contribution in [3.8, 4) is 5.75 Å². The summed E-state index contributed by atoms with van der Waals surface area (Å²) in [4.78, 5) is 23.8. The predicted octanol–water partition coefficient (Wildman–Crippen LogP) is 3.59. The van der Waals surface area contributed by atoms with Crippen molar-refractivity contribution in [3.05, 3.63) is 29.3 Å². The van der Waals surface area contributed by atoms with Crippen LogP contribution in [0.25, 0.3) is 0 Å². The minimum absolute atomic E-state index is 0.0167. The second kappa shape index (κ2) is 10.3. The van der Waals surface area contributed by atoms with Crippen LogP contribution in [0.3, 0.4) is 0 Å². The third-order valence-electron chi connectivity index (χ3n) is 4.62. The minimum Gasteiger partial charge on any atom is -0.492 e. The van der Waals surface area contributed by atoms with Crippen molar-refractivity contribution in [3.63, 3.8) is 0 Å². The van der Waals surface area contributed by atoms with Gasteiger partial charge in [-0.3, -0.25) is 9.59 Å². The number of carbonyl (C=O) groups is 2. The fourth-order valence-corrected chi connectivity index (χ4v) is 3.41. The molecule has 0 bridgehead atoms. The molecule has 0 aromatic heterocycles. The summed E-state index contributed by atoms with van der Waals surface area (Å²) in [6.07, 6.45) is 4.94. The van der Waals surface area contributed by atoms with Gasteiger partial charge in [0.05, 0.1) is 24.7 Å². The van der Waals surface area contributed by atoms with Gasteiger partial charge in [-0.25, -0.2) is 0 Å². The number of hydrogen-bond acceptors (Lipinski definition) is 4. The number of halogens is 1. The number of para-hydroxylation sites is 1. The van der Waals surface area contributed by atoms with E-state index < -0.39 is 0 Å². The SMILES string of the molecule is COC(=O)C1CCCCC1CNC(=O)CCCOc1ccccc1Cl. The summed E-state index contributed by atoms with van der Waals surface area (Å²) in [7, 11) is 1.42. The summed E-state index contributed by atoms with van der Waals surface area (Å²) in [5.41, 5.74) is 0. The molecule has 0 saturated heterocycles. The molecule has 0 spiro atoms. The van der Waals surface area contributed by atoms with Crippen LogP contribution in [0.4, 0.5) is 0 Å². The van der Waals surface area contributed by atoms with E-state index in [2.05, 4.69) is 5.32 Å². The number of esters is 1. The molecule has 0 aliphatic heterocycles. The number of rotatable bonds is 8. The Bertz CT molecular complexity index is 578. The second-order valence-corrected chi connectivity index (χ2v) is 6.77. The lowest BCUT2D eigenvalue weighted by Crippen LogP contribution is -2.37. The molecular weight excluding hydrogens is 342 g/mol. The van der Waals surface area contributed by atoms with E-state index in [9.17, 15) is 9.59 Å². The highest BCUT2D eigenvalue weighted by atomic mass is 35.5. The molecule has 2 rings (SSSR count). The van der Waals surface area contributed by atoms with Gasteiger partial charge in [-0.2, -0.15) is 0 Å². The fourth-order valence-electron chi connectivity index (χ4n) is 3.22. The first-order valence-corrected chi connectivity index (χ1v) is 9.21. The summed E-state index contributed by atoms with van der Waals surface area (Å²) >= 11 is 6.01. The van der Waals surface area contributed by atoms with Crippen molar-refractivity contribution in [2.45, 2.75) is 38.5 Å². The Balaban J connectivity index is 1.66. The number of nitrogens with one attached hydrogen (secondary N) is 1. The van der Waals surface area contributed by atoms with Crippen LogP contribution in [0.2, 0.25) is 5.02 Å². The van der Waals surface area contributed by atoms with Crippen molar-refractivity contribution in [2.24, 2.45) is 11.8 Å². The highest BCUT2D eigenvalue weighted by molar-refractivity contribution is 6.32. The quantitative estimate of drug-likeness (QED) is 0.563. The van der Waals surface area contributed by atoms with E-state index in [0.717, 1.165) is 25.7 Å². The first-order chi connectivity index (χ1) is 12.1. The molecule has 1 N–H and O–H groups in total. The molecule has 2 atom stereocenters. The summed E-state index contributed by atoms with van der Waals surface area (Å²) in [6, 6.07) is 7.27. The first kappa shape index (κ1) is 19.6. The number of ether oxygens (including phenoxy) is 2. The molecule has 25 heavy (non-hydrogen) atoms. The molecule has 1 amide bonds. The Labute approximate surface area is 154 Å². The number of methoxy groups -OCH3 is 1. The van der Waals surface area contributed by atoms with Crippen LogP contribution < -0.4 is 10.1 Å². The molecule has 1 aromatic rings. The van der Waals surface area contributed by atoms with Crippen LogP contribution in [0.1, 0.15) is 38.5 Å². The van der Waals surface area contributed by atoms with Crippen molar-refractivity contribution in [2.75, 3.05) is 20.3 Å². The zero-order valence-electron chi connectivity index (χ0n) is 14.6. The second-order valence-electron chi connectivity index (χ2n) is 6.36. The van der Waals surface area contributed by atoms with Gasteiger partial charge in [0.2, 0.25) is 5.91 Å². The van der Waals surface area contributed by atoms with Crippen molar-refractivity contribution in [1.82, 2.24) is 5.32 Å². The third-order valence-corrected chi connectivity index (χ3v) is 4.93. The Kier molecular flexibility index (Phi) is 8.06. The summed E-state index contributed by atoms with van der Waals surface area (Å²) in [6.45, 7) is 0.968. The largest absolute Gasteiger partial charge is 0.492 e. The van der Waals surface area contributed by atoms with E-state index in [1.165, 1.54) is 7.11 Å².